The topological polar surface area (TPSA) is 71.7 Å². The Bertz CT molecular complexity index is 867. The number of hydrogen-bond acceptors (Lipinski definition) is 4. The van der Waals surface area contributed by atoms with E-state index in [2.05, 4.69) is 5.32 Å². The van der Waals surface area contributed by atoms with Gasteiger partial charge in [-0.05, 0) is 43.7 Å². The molecule has 0 aliphatic rings. The monoisotopic (exact) mass is 339 g/mol. The molecule has 1 heterocycles. The smallest absolute Gasteiger partial charge is 0.335 e. The minimum absolute atomic E-state index is 0.0148. The highest BCUT2D eigenvalue weighted by Gasteiger charge is 2.14. The lowest BCUT2D eigenvalue weighted by atomic mass is 10.1. The molecule has 130 valence electrons. The van der Waals surface area contributed by atoms with E-state index in [0.29, 0.717) is 13.2 Å². The number of carbonyl (C=O) groups is 1. The van der Waals surface area contributed by atoms with Crippen molar-refractivity contribution in [3.8, 4) is 5.75 Å². The largest absolute Gasteiger partial charge is 0.490 e. The fraction of sp³-hybridized carbons (Fsp3) is 0.250. The number of aromatic carboxylic acids is 1. The molecule has 0 amide bonds. The summed E-state index contributed by atoms with van der Waals surface area (Å²) >= 11 is 0. The summed E-state index contributed by atoms with van der Waals surface area (Å²) in [5.74, 6) is 0.673. The first-order valence-electron chi connectivity index (χ1n) is 8.29. The maximum absolute atomic E-state index is 10.9. The second-order valence-electron chi connectivity index (χ2n) is 5.86. The van der Waals surface area contributed by atoms with Crippen molar-refractivity contribution in [1.82, 2.24) is 5.32 Å². The predicted octanol–water partition coefficient (Wildman–Crippen LogP) is 4.38. The van der Waals surface area contributed by atoms with E-state index < -0.39 is 5.97 Å². The highest BCUT2D eigenvalue weighted by Crippen LogP contribution is 2.31. The zero-order chi connectivity index (χ0) is 17.8. The molecule has 0 aliphatic heterocycles. The van der Waals surface area contributed by atoms with Crippen molar-refractivity contribution < 1.29 is 19.1 Å². The van der Waals surface area contributed by atoms with Gasteiger partial charge in [-0.25, -0.2) is 4.79 Å². The van der Waals surface area contributed by atoms with Crippen molar-refractivity contribution in [2.24, 2.45) is 0 Å². The van der Waals surface area contributed by atoms with Crippen molar-refractivity contribution in [3.05, 3.63) is 65.4 Å². The molecule has 0 aliphatic carbocycles. The summed E-state index contributed by atoms with van der Waals surface area (Å²) in [5.41, 5.74) is 2.07. The van der Waals surface area contributed by atoms with Crippen LogP contribution < -0.4 is 10.1 Å². The molecule has 0 spiro atoms. The van der Waals surface area contributed by atoms with E-state index in [1.54, 1.807) is 12.1 Å². The van der Waals surface area contributed by atoms with Crippen LogP contribution in [-0.4, -0.2) is 17.7 Å². The van der Waals surface area contributed by atoms with Crippen molar-refractivity contribution in [1.29, 1.82) is 0 Å². The second kappa shape index (κ2) is 7.40. The van der Waals surface area contributed by atoms with Crippen LogP contribution in [0.25, 0.3) is 11.0 Å². The molecule has 5 heteroatoms. The Morgan fingerprint density at radius 3 is 2.68 bits per heavy atom. The van der Waals surface area contributed by atoms with Gasteiger partial charge in [0.1, 0.15) is 5.76 Å². The zero-order valence-electron chi connectivity index (χ0n) is 14.3. The Morgan fingerprint density at radius 1 is 1.24 bits per heavy atom. The molecule has 2 N–H and O–H groups in total. The lowest BCUT2D eigenvalue weighted by Crippen LogP contribution is -2.17. The van der Waals surface area contributed by atoms with Gasteiger partial charge in [0.25, 0.3) is 0 Å². The van der Waals surface area contributed by atoms with Crippen LogP contribution in [-0.2, 0) is 6.54 Å². The number of rotatable bonds is 7. The van der Waals surface area contributed by atoms with Crippen molar-refractivity contribution in [2.75, 3.05) is 6.61 Å². The predicted molar refractivity (Wildman–Crippen MR) is 96.0 cm³/mol. The molecule has 3 aromatic rings. The van der Waals surface area contributed by atoms with E-state index in [4.69, 9.17) is 14.3 Å². The highest BCUT2D eigenvalue weighted by molar-refractivity contribution is 5.87. The van der Waals surface area contributed by atoms with Gasteiger partial charge < -0.3 is 19.6 Å². The van der Waals surface area contributed by atoms with E-state index in [9.17, 15) is 4.79 Å². The fourth-order valence-corrected chi connectivity index (χ4v) is 2.68. The van der Waals surface area contributed by atoms with E-state index in [1.807, 2.05) is 50.2 Å². The number of carboxylic acid groups (broad SMARTS) is 1. The minimum atomic E-state index is -0.916. The van der Waals surface area contributed by atoms with Crippen LogP contribution >= 0.6 is 0 Å². The number of para-hydroxylation sites is 1. The van der Waals surface area contributed by atoms with E-state index in [1.165, 1.54) is 0 Å². The summed E-state index contributed by atoms with van der Waals surface area (Å²) in [6, 6.07) is 14.7. The van der Waals surface area contributed by atoms with Crippen molar-refractivity contribution in [3.63, 3.8) is 0 Å². The Morgan fingerprint density at radius 2 is 2.00 bits per heavy atom. The van der Waals surface area contributed by atoms with Crippen LogP contribution in [0.3, 0.4) is 0 Å². The maximum atomic E-state index is 10.9. The standard InChI is InChI=1S/C20H21NO4/c1-3-24-17-6-4-5-16-11-18(25-19(16)17)13(2)21-12-14-7-9-15(10-8-14)20(22)23/h4-11,13,21H,3,12H2,1-2H3,(H,22,23). The number of furan rings is 1. The lowest BCUT2D eigenvalue weighted by molar-refractivity contribution is 0.0697. The minimum Gasteiger partial charge on any atom is -0.490 e. The molecular weight excluding hydrogens is 318 g/mol. The second-order valence-corrected chi connectivity index (χ2v) is 5.86. The Kier molecular flexibility index (Phi) is 5.05. The Balaban J connectivity index is 1.70. The van der Waals surface area contributed by atoms with Gasteiger partial charge in [0, 0.05) is 11.9 Å². The van der Waals surface area contributed by atoms with Crippen LogP contribution in [0.15, 0.2) is 52.9 Å². The van der Waals surface area contributed by atoms with Crippen molar-refractivity contribution >= 4 is 16.9 Å². The molecule has 3 rings (SSSR count). The van der Waals surface area contributed by atoms with E-state index in [-0.39, 0.29) is 11.6 Å². The molecule has 0 saturated heterocycles. The molecular formula is C20H21NO4. The molecule has 5 nitrogen and oxygen atoms in total. The molecule has 0 radical (unpaired) electrons. The number of hydrogen-bond donors (Lipinski definition) is 2. The van der Waals surface area contributed by atoms with Gasteiger partial charge >= 0.3 is 5.97 Å². The van der Waals surface area contributed by atoms with Crippen LogP contribution in [0.2, 0.25) is 0 Å². The molecule has 1 aromatic heterocycles. The van der Waals surface area contributed by atoms with Gasteiger partial charge in [0.15, 0.2) is 11.3 Å². The molecule has 0 fully saturated rings. The van der Waals surface area contributed by atoms with Gasteiger partial charge in [-0.2, -0.15) is 0 Å². The van der Waals surface area contributed by atoms with Gasteiger partial charge in [-0.15, -0.1) is 0 Å². The van der Waals surface area contributed by atoms with Gasteiger partial charge in [-0.3, -0.25) is 0 Å². The molecule has 0 bridgehead atoms. The van der Waals surface area contributed by atoms with Gasteiger partial charge in [-0.1, -0.05) is 24.3 Å². The van der Waals surface area contributed by atoms with Crippen LogP contribution in [0.4, 0.5) is 0 Å². The lowest BCUT2D eigenvalue weighted by Gasteiger charge is -2.11. The van der Waals surface area contributed by atoms with E-state index in [0.717, 1.165) is 28.0 Å². The van der Waals surface area contributed by atoms with Crippen LogP contribution in [0.5, 0.6) is 5.75 Å². The Labute approximate surface area is 146 Å². The summed E-state index contributed by atoms with van der Waals surface area (Å²) < 4.78 is 11.6. The summed E-state index contributed by atoms with van der Waals surface area (Å²) in [5, 5.41) is 13.3. The molecule has 0 saturated carbocycles. The van der Waals surface area contributed by atoms with Crippen LogP contribution in [0.1, 0.15) is 41.6 Å². The fourth-order valence-electron chi connectivity index (χ4n) is 2.68. The number of ether oxygens (including phenoxy) is 1. The SMILES string of the molecule is CCOc1cccc2cc(C(C)NCc3ccc(C(=O)O)cc3)oc12. The van der Waals surface area contributed by atoms with Gasteiger partial charge in [0.2, 0.25) is 0 Å². The van der Waals surface area contributed by atoms with Crippen LogP contribution in [0, 0.1) is 0 Å². The molecule has 25 heavy (non-hydrogen) atoms. The average molecular weight is 339 g/mol. The molecule has 1 unspecified atom stereocenters. The van der Waals surface area contributed by atoms with Gasteiger partial charge in [0.05, 0.1) is 18.2 Å². The third kappa shape index (κ3) is 3.83. The van der Waals surface area contributed by atoms with E-state index >= 15 is 0 Å². The number of fused-ring (bicyclic) bond motifs is 1. The molecule has 1 atom stereocenters. The summed E-state index contributed by atoms with van der Waals surface area (Å²) in [7, 11) is 0. The summed E-state index contributed by atoms with van der Waals surface area (Å²) in [6.45, 7) is 5.19. The third-order valence-corrected chi connectivity index (χ3v) is 4.07. The normalized spacial score (nSPS) is 12.2. The highest BCUT2D eigenvalue weighted by atomic mass is 16.5. The number of benzene rings is 2. The summed E-state index contributed by atoms with van der Waals surface area (Å²) in [6.07, 6.45) is 0. The summed E-state index contributed by atoms with van der Waals surface area (Å²) in [4.78, 5) is 10.9. The van der Waals surface area contributed by atoms with Crippen molar-refractivity contribution in [2.45, 2.75) is 26.4 Å². The zero-order valence-corrected chi connectivity index (χ0v) is 14.3. The third-order valence-electron chi connectivity index (χ3n) is 4.07. The number of nitrogens with one attached hydrogen (secondary N) is 1. The number of carboxylic acids is 1. The quantitative estimate of drug-likeness (QED) is 0.668. The maximum Gasteiger partial charge on any atom is 0.335 e. The molecule has 2 aromatic carbocycles. The first kappa shape index (κ1) is 17.0. The Hall–Kier alpha value is -2.79. The first-order valence-corrected chi connectivity index (χ1v) is 8.29. The average Bonchev–Trinajstić information content (AvgIpc) is 3.05. The first-order chi connectivity index (χ1) is 12.1.